The summed E-state index contributed by atoms with van der Waals surface area (Å²) in [5.74, 6) is 0. The summed E-state index contributed by atoms with van der Waals surface area (Å²) in [6, 6.07) is 0. The third-order valence-electron chi connectivity index (χ3n) is 3.47. The lowest BCUT2D eigenvalue weighted by atomic mass is 9.52. The number of H-pyrrole nitrogens is 1. The van der Waals surface area contributed by atoms with Crippen LogP contribution in [0.25, 0.3) is 0 Å². The molecule has 0 atom stereocenters. The number of hydrogen-bond donors (Lipinski definition) is 1. The van der Waals surface area contributed by atoms with Crippen molar-refractivity contribution in [3.8, 4) is 0 Å². The van der Waals surface area contributed by atoms with Crippen LogP contribution >= 0.6 is 0 Å². The van der Waals surface area contributed by atoms with Gasteiger partial charge in [-0.05, 0) is 0 Å². The fourth-order valence-electron chi connectivity index (χ4n) is 1.81. The van der Waals surface area contributed by atoms with Crippen LogP contribution in [0, 0.1) is 0 Å². The Morgan fingerprint density at radius 1 is 1.18 bits per heavy atom. The van der Waals surface area contributed by atoms with Crippen molar-refractivity contribution in [1.29, 1.82) is 0 Å². The van der Waals surface area contributed by atoms with Crippen LogP contribution in [-0.4, -0.2) is 10.2 Å². The largest absolute Gasteiger partial charge is 0.285 e. The fourth-order valence-corrected chi connectivity index (χ4v) is 1.81. The summed E-state index contributed by atoms with van der Waals surface area (Å²) in [5, 5.41) is 7.15. The van der Waals surface area contributed by atoms with Crippen LogP contribution in [0.3, 0.4) is 0 Å². The number of aromatic nitrogens is 2. The molecule has 1 aliphatic rings. The van der Waals surface area contributed by atoms with E-state index < -0.39 is 0 Å². The van der Waals surface area contributed by atoms with Crippen LogP contribution < -0.4 is 0 Å². The maximum Gasteiger partial charge on any atom is 0.0724 e. The smallest absolute Gasteiger partial charge is 0.0724 e. The van der Waals surface area contributed by atoms with Crippen LogP contribution in [0.15, 0.2) is 6.20 Å². The minimum atomic E-state index is 0.238. The molecule has 0 aliphatic heterocycles. The summed E-state index contributed by atoms with van der Waals surface area (Å²) in [6.45, 7) is 9.03. The molecule has 0 saturated heterocycles. The standard InChI is InChI=1S/C9H14N2/c1-8(2)6-5-10-11-7(6)9(8,3)4/h5H,1-4H3,(H,10,11). The summed E-state index contributed by atoms with van der Waals surface area (Å²) in [4.78, 5) is 0. The van der Waals surface area contributed by atoms with Crippen LogP contribution in [0.1, 0.15) is 39.0 Å². The molecule has 1 aromatic rings. The van der Waals surface area contributed by atoms with Crippen molar-refractivity contribution in [2.75, 3.05) is 0 Å². The van der Waals surface area contributed by atoms with E-state index in [-0.39, 0.29) is 10.8 Å². The molecular weight excluding hydrogens is 136 g/mol. The highest BCUT2D eigenvalue weighted by Crippen LogP contribution is 2.54. The van der Waals surface area contributed by atoms with Crippen molar-refractivity contribution in [3.05, 3.63) is 17.5 Å². The lowest BCUT2D eigenvalue weighted by molar-refractivity contribution is 0.236. The lowest BCUT2D eigenvalue weighted by Crippen LogP contribution is -2.50. The van der Waals surface area contributed by atoms with Crippen molar-refractivity contribution in [1.82, 2.24) is 10.2 Å². The second kappa shape index (κ2) is 1.52. The molecule has 0 aromatic carbocycles. The Labute approximate surface area is 67.0 Å². The highest BCUT2D eigenvalue weighted by atomic mass is 15.1. The Morgan fingerprint density at radius 2 is 1.82 bits per heavy atom. The minimum absolute atomic E-state index is 0.238. The van der Waals surface area contributed by atoms with Gasteiger partial charge in [-0.1, -0.05) is 27.7 Å². The molecular formula is C9H14N2. The molecule has 0 bridgehead atoms. The summed E-state index contributed by atoms with van der Waals surface area (Å²) in [5.41, 5.74) is 3.14. The number of hydrogen-bond acceptors (Lipinski definition) is 1. The Bertz CT molecular complexity index is 266. The first-order valence-corrected chi connectivity index (χ1v) is 4.02. The fraction of sp³-hybridized carbons (Fsp3) is 0.667. The van der Waals surface area contributed by atoms with Crippen molar-refractivity contribution in [2.24, 2.45) is 0 Å². The summed E-state index contributed by atoms with van der Waals surface area (Å²) < 4.78 is 0. The van der Waals surface area contributed by atoms with E-state index in [1.807, 2.05) is 6.20 Å². The van der Waals surface area contributed by atoms with E-state index in [4.69, 9.17) is 0 Å². The zero-order valence-corrected chi connectivity index (χ0v) is 7.52. The van der Waals surface area contributed by atoms with Gasteiger partial charge in [0.2, 0.25) is 0 Å². The second-order valence-electron chi connectivity index (χ2n) is 4.40. The van der Waals surface area contributed by atoms with Gasteiger partial charge in [-0.15, -0.1) is 0 Å². The number of nitrogens with one attached hydrogen (secondary N) is 1. The van der Waals surface area contributed by atoms with Crippen LogP contribution in [0.2, 0.25) is 0 Å². The number of aromatic amines is 1. The van der Waals surface area contributed by atoms with E-state index >= 15 is 0 Å². The van der Waals surface area contributed by atoms with Crippen molar-refractivity contribution in [3.63, 3.8) is 0 Å². The molecule has 0 amide bonds. The lowest BCUT2D eigenvalue weighted by Gasteiger charge is -2.50. The Kier molecular flexibility index (Phi) is 0.952. The molecule has 2 heteroatoms. The van der Waals surface area contributed by atoms with Gasteiger partial charge in [0, 0.05) is 22.6 Å². The first-order chi connectivity index (χ1) is 4.98. The zero-order chi connectivity index (χ0) is 8.28. The normalized spacial score (nSPS) is 24.0. The number of rotatable bonds is 0. The third-order valence-corrected chi connectivity index (χ3v) is 3.47. The molecule has 2 rings (SSSR count). The Morgan fingerprint density at radius 3 is 2.36 bits per heavy atom. The van der Waals surface area contributed by atoms with Crippen molar-refractivity contribution in [2.45, 2.75) is 38.5 Å². The molecule has 2 nitrogen and oxygen atoms in total. The Balaban J connectivity index is 2.63. The molecule has 0 spiro atoms. The van der Waals surface area contributed by atoms with Gasteiger partial charge in [-0.25, -0.2) is 0 Å². The van der Waals surface area contributed by atoms with E-state index in [9.17, 15) is 0 Å². The summed E-state index contributed by atoms with van der Waals surface area (Å²) >= 11 is 0. The number of fused-ring (bicyclic) bond motifs is 1. The van der Waals surface area contributed by atoms with Gasteiger partial charge in [0.05, 0.1) is 5.69 Å². The molecule has 0 unspecified atom stereocenters. The van der Waals surface area contributed by atoms with Gasteiger partial charge < -0.3 is 0 Å². The summed E-state index contributed by atoms with van der Waals surface area (Å²) in [7, 11) is 0. The molecule has 1 N–H and O–H groups in total. The predicted molar refractivity (Wildman–Crippen MR) is 44.6 cm³/mol. The van der Waals surface area contributed by atoms with Crippen LogP contribution in [0.5, 0.6) is 0 Å². The highest BCUT2D eigenvalue weighted by molar-refractivity contribution is 5.47. The highest BCUT2D eigenvalue weighted by Gasteiger charge is 2.53. The maximum absolute atomic E-state index is 4.23. The quantitative estimate of drug-likeness (QED) is 0.602. The zero-order valence-electron chi connectivity index (χ0n) is 7.52. The first kappa shape index (κ1) is 6.89. The van der Waals surface area contributed by atoms with Crippen molar-refractivity contribution >= 4 is 0 Å². The SMILES string of the molecule is CC1(C)c2c[nH]nc2C1(C)C. The van der Waals surface area contributed by atoms with Crippen LogP contribution in [-0.2, 0) is 10.8 Å². The van der Waals surface area contributed by atoms with Gasteiger partial charge >= 0.3 is 0 Å². The monoisotopic (exact) mass is 150 g/mol. The molecule has 0 radical (unpaired) electrons. The van der Waals surface area contributed by atoms with Gasteiger partial charge in [-0.3, -0.25) is 5.10 Å². The molecule has 1 heterocycles. The van der Waals surface area contributed by atoms with Gasteiger partial charge in [0.25, 0.3) is 0 Å². The van der Waals surface area contributed by atoms with E-state index in [1.54, 1.807) is 0 Å². The van der Waals surface area contributed by atoms with E-state index in [2.05, 4.69) is 37.9 Å². The average Bonchev–Trinajstić information content (AvgIpc) is 2.32. The van der Waals surface area contributed by atoms with E-state index in [1.165, 1.54) is 11.3 Å². The minimum Gasteiger partial charge on any atom is -0.285 e. The third kappa shape index (κ3) is 0.525. The topological polar surface area (TPSA) is 28.7 Å². The van der Waals surface area contributed by atoms with Crippen molar-refractivity contribution < 1.29 is 0 Å². The molecule has 1 aromatic heterocycles. The summed E-state index contributed by atoms with van der Waals surface area (Å²) in [6.07, 6.45) is 2.01. The molecule has 1 aliphatic carbocycles. The maximum atomic E-state index is 4.23. The van der Waals surface area contributed by atoms with Gasteiger partial charge in [-0.2, -0.15) is 5.10 Å². The predicted octanol–water partition coefficient (Wildman–Crippen LogP) is 1.98. The first-order valence-electron chi connectivity index (χ1n) is 4.02. The molecule has 0 fully saturated rings. The molecule has 0 saturated carbocycles. The van der Waals surface area contributed by atoms with Crippen LogP contribution in [0.4, 0.5) is 0 Å². The Hall–Kier alpha value is -0.790. The molecule has 60 valence electrons. The van der Waals surface area contributed by atoms with E-state index in [0.717, 1.165) is 0 Å². The van der Waals surface area contributed by atoms with Gasteiger partial charge in [0.15, 0.2) is 0 Å². The van der Waals surface area contributed by atoms with Gasteiger partial charge in [0.1, 0.15) is 0 Å². The number of nitrogens with zero attached hydrogens (tertiary/aromatic N) is 1. The van der Waals surface area contributed by atoms with E-state index in [0.29, 0.717) is 0 Å². The second-order valence-corrected chi connectivity index (χ2v) is 4.40. The average molecular weight is 150 g/mol. The molecule has 11 heavy (non-hydrogen) atoms.